The summed E-state index contributed by atoms with van der Waals surface area (Å²) in [5, 5.41) is 7.02. The summed E-state index contributed by atoms with van der Waals surface area (Å²) in [6.45, 7) is 6.15. The van der Waals surface area contributed by atoms with Crippen LogP contribution in [0.25, 0.3) is 0 Å². The Labute approximate surface area is 101 Å². The van der Waals surface area contributed by atoms with Crippen molar-refractivity contribution >= 4 is 11.6 Å². The summed E-state index contributed by atoms with van der Waals surface area (Å²) in [7, 11) is 0. The zero-order chi connectivity index (χ0) is 12.4. The molecule has 4 heteroatoms. The fourth-order valence-electron chi connectivity index (χ4n) is 2.07. The predicted molar refractivity (Wildman–Crippen MR) is 65.5 cm³/mol. The Hall–Kier alpha value is -1.58. The van der Waals surface area contributed by atoms with E-state index in [9.17, 15) is 4.79 Å². The summed E-state index contributed by atoms with van der Waals surface area (Å²) in [6.07, 6.45) is 3.24. The van der Waals surface area contributed by atoms with Crippen molar-refractivity contribution in [2.45, 2.75) is 33.6 Å². The highest BCUT2D eigenvalue weighted by atomic mass is 16.5. The maximum Gasteiger partial charge on any atom is 0.173 e. The number of aryl methyl sites for hydroxylation is 1. The second-order valence-corrected chi connectivity index (χ2v) is 5.00. The topological polar surface area (TPSA) is 55.1 Å². The van der Waals surface area contributed by atoms with Crippen molar-refractivity contribution in [3.05, 3.63) is 23.6 Å². The predicted octanol–water partition coefficient (Wildman–Crippen LogP) is 2.91. The van der Waals surface area contributed by atoms with Gasteiger partial charge in [-0.25, -0.2) is 0 Å². The van der Waals surface area contributed by atoms with Crippen LogP contribution in [0.5, 0.6) is 0 Å². The number of nitrogens with zero attached hydrogens (tertiary/aromatic N) is 1. The minimum Gasteiger partial charge on any atom is -0.360 e. The zero-order valence-corrected chi connectivity index (χ0v) is 10.5. The summed E-state index contributed by atoms with van der Waals surface area (Å²) < 4.78 is 4.98. The van der Waals surface area contributed by atoms with Crippen molar-refractivity contribution in [3.8, 4) is 0 Å². The highest BCUT2D eigenvalue weighted by Gasteiger charge is 2.23. The van der Waals surface area contributed by atoms with E-state index in [2.05, 4.69) is 24.3 Å². The molecule has 0 amide bonds. The number of carbonyl (C=O) groups excluding carboxylic acids is 1. The van der Waals surface area contributed by atoms with E-state index in [4.69, 9.17) is 4.52 Å². The number of hydrogen-bond donors (Lipinski definition) is 1. The Morgan fingerprint density at radius 2 is 2.24 bits per heavy atom. The number of carbonyl (C=O) groups is 1. The molecule has 92 valence electrons. The molecule has 0 fully saturated rings. The van der Waals surface area contributed by atoms with Gasteiger partial charge in [0.1, 0.15) is 5.76 Å². The third-order valence-corrected chi connectivity index (χ3v) is 3.14. The highest BCUT2D eigenvalue weighted by Crippen LogP contribution is 2.28. The quantitative estimate of drug-likeness (QED) is 0.873. The van der Waals surface area contributed by atoms with Crippen LogP contribution in [0.15, 0.2) is 22.4 Å². The van der Waals surface area contributed by atoms with Gasteiger partial charge in [-0.1, -0.05) is 19.0 Å². The third-order valence-electron chi connectivity index (χ3n) is 3.14. The van der Waals surface area contributed by atoms with Crippen LogP contribution in [-0.2, 0) is 4.79 Å². The smallest absolute Gasteiger partial charge is 0.173 e. The maximum atomic E-state index is 11.6. The van der Waals surface area contributed by atoms with E-state index in [1.807, 2.05) is 13.0 Å². The highest BCUT2D eigenvalue weighted by molar-refractivity contribution is 5.91. The monoisotopic (exact) mass is 234 g/mol. The first-order valence-electron chi connectivity index (χ1n) is 5.98. The minimum absolute atomic E-state index is 0.192. The molecule has 1 aromatic rings. The average molecular weight is 234 g/mol. The number of hydrogen-bond acceptors (Lipinski definition) is 4. The molecule has 17 heavy (non-hydrogen) atoms. The largest absolute Gasteiger partial charge is 0.360 e. The lowest BCUT2D eigenvalue weighted by Crippen LogP contribution is -2.21. The van der Waals surface area contributed by atoms with Crippen LogP contribution < -0.4 is 5.32 Å². The molecule has 0 bridgehead atoms. The molecule has 2 rings (SSSR count). The van der Waals surface area contributed by atoms with Gasteiger partial charge in [-0.05, 0) is 25.2 Å². The van der Waals surface area contributed by atoms with Gasteiger partial charge >= 0.3 is 0 Å². The molecule has 0 aliphatic heterocycles. The van der Waals surface area contributed by atoms with Crippen molar-refractivity contribution in [2.75, 3.05) is 5.32 Å². The maximum absolute atomic E-state index is 11.6. The van der Waals surface area contributed by atoms with Crippen molar-refractivity contribution < 1.29 is 9.32 Å². The van der Waals surface area contributed by atoms with Crippen LogP contribution in [0.3, 0.4) is 0 Å². The van der Waals surface area contributed by atoms with E-state index in [-0.39, 0.29) is 5.78 Å². The van der Waals surface area contributed by atoms with Crippen LogP contribution in [0.1, 0.15) is 32.4 Å². The van der Waals surface area contributed by atoms with E-state index in [1.54, 1.807) is 6.08 Å². The standard InChI is InChI=1S/C13H18N2O2/c1-8(2)10-5-11(7-12(16)6-10)14-13-4-9(3)17-15-13/h4,7-8,10H,5-6H2,1-3H3,(H,14,15)/t10-/m1/s1. The molecule has 1 aliphatic carbocycles. The van der Waals surface area contributed by atoms with Crippen LogP contribution >= 0.6 is 0 Å². The number of anilines is 1. The van der Waals surface area contributed by atoms with E-state index in [0.717, 1.165) is 17.9 Å². The van der Waals surface area contributed by atoms with Crippen LogP contribution in [0.4, 0.5) is 5.82 Å². The normalized spacial score (nSPS) is 20.6. The van der Waals surface area contributed by atoms with Gasteiger partial charge in [0.15, 0.2) is 11.6 Å². The molecule has 0 saturated carbocycles. The van der Waals surface area contributed by atoms with Gasteiger partial charge in [-0.3, -0.25) is 4.79 Å². The van der Waals surface area contributed by atoms with Crippen LogP contribution in [-0.4, -0.2) is 10.9 Å². The number of ketones is 1. The molecular formula is C13H18N2O2. The summed E-state index contributed by atoms with van der Waals surface area (Å²) in [5.41, 5.74) is 0.938. The van der Waals surface area contributed by atoms with Crippen LogP contribution in [0.2, 0.25) is 0 Å². The second kappa shape index (κ2) is 4.73. The van der Waals surface area contributed by atoms with Gasteiger partial charge in [0.2, 0.25) is 0 Å². The van der Waals surface area contributed by atoms with E-state index >= 15 is 0 Å². The molecular weight excluding hydrogens is 216 g/mol. The lowest BCUT2D eigenvalue weighted by atomic mass is 9.83. The third kappa shape index (κ3) is 2.96. The molecule has 0 spiro atoms. The van der Waals surface area contributed by atoms with Gasteiger partial charge in [0.25, 0.3) is 0 Å². The van der Waals surface area contributed by atoms with E-state index in [0.29, 0.717) is 24.1 Å². The lowest BCUT2D eigenvalue weighted by molar-refractivity contribution is -0.116. The van der Waals surface area contributed by atoms with Crippen molar-refractivity contribution in [3.63, 3.8) is 0 Å². The van der Waals surface area contributed by atoms with E-state index < -0.39 is 0 Å². The first-order valence-corrected chi connectivity index (χ1v) is 5.98. The van der Waals surface area contributed by atoms with Gasteiger partial charge in [0.05, 0.1) is 0 Å². The van der Waals surface area contributed by atoms with E-state index in [1.165, 1.54) is 0 Å². The zero-order valence-electron chi connectivity index (χ0n) is 10.5. The summed E-state index contributed by atoms with van der Waals surface area (Å²) in [4.78, 5) is 11.6. The molecule has 0 saturated heterocycles. The van der Waals surface area contributed by atoms with Crippen molar-refractivity contribution in [1.29, 1.82) is 0 Å². The molecule has 1 aliphatic rings. The Morgan fingerprint density at radius 1 is 1.47 bits per heavy atom. The molecule has 0 unspecified atom stereocenters. The van der Waals surface area contributed by atoms with Crippen molar-refractivity contribution in [2.24, 2.45) is 11.8 Å². The SMILES string of the molecule is Cc1cc(NC2=CC(=O)C[C@H](C(C)C)C2)no1. The molecule has 1 N–H and O–H groups in total. The fourth-order valence-corrected chi connectivity index (χ4v) is 2.07. The molecule has 1 aromatic heterocycles. The molecule has 4 nitrogen and oxygen atoms in total. The molecule has 0 radical (unpaired) electrons. The lowest BCUT2D eigenvalue weighted by Gasteiger charge is -2.25. The van der Waals surface area contributed by atoms with Gasteiger partial charge < -0.3 is 9.84 Å². The summed E-state index contributed by atoms with van der Waals surface area (Å²) >= 11 is 0. The first kappa shape index (κ1) is 11.9. The van der Waals surface area contributed by atoms with Crippen molar-refractivity contribution in [1.82, 2.24) is 5.16 Å². The Bertz CT molecular complexity index is 446. The number of rotatable bonds is 3. The summed E-state index contributed by atoms with van der Waals surface area (Å²) in [6, 6.07) is 1.82. The number of nitrogens with one attached hydrogen (secondary N) is 1. The average Bonchev–Trinajstić information content (AvgIpc) is 2.63. The molecule has 1 atom stereocenters. The first-order chi connectivity index (χ1) is 8.04. The van der Waals surface area contributed by atoms with Crippen LogP contribution in [0, 0.1) is 18.8 Å². The Kier molecular flexibility index (Phi) is 3.31. The van der Waals surface area contributed by atoms with Gasteiger partial charge in [-0.15, -0.1) is 0 Å². The Balaban J connectivity index is 2.08. The fraction of sp³-hybridized carbons (Fsp3) is 0.538. The van der Waals surface area contributed by atoms with Gasteiger partial charge in [0, 0.05) is 24.3 Å². The molecule has 1 heterocycles. The Morgan fingerprint density at radius 3 is 2.82 bits per heavy atom. The number of allylic oxidation sites excluding steroid dienone is 2. The number of aromatic nitrogens is 1. The van der Waals surface area contributed by atoms with Gasteiger partial charge in [-0.2, -0.15) is 0 Å². The second-order valence-electron chi connectivity index (χ2n) is 5.00. The molecule has 0 aromatic carbocycles. The minimum atomic E-state index is 0.192. The summed E-state index contributed by atoms with van der Waals surface area (Å²) in [5.74, 6) is 2.56.